The van der Waals surface area contributed by atoms with Crippen molar-refractivity contribution in [1.82, 2.24) is 0 Å². The van der Waals surface area contributed by atoms with Gasteiger partial charge in [0.25, 0.3) is 0 Å². The Bertz CT molecular complexity index is 560. The zero-order chi connectivity index (χ0) is 14.7. The number of benzene rings is 2. The van der Waals surface area contributed by atoms with Gasteiger partial charge in [-0.1, -0.05) is 54.1 Å². The largest absolute Gasteiger partial charge is 0.328 e. The van der Waals surface area contributed by atoms with Crippen LogP contribution < -0.4 is 9.80 Å². The van der Waals surface area contributed by atoms with Gasteiger partial charge in [0.15, 0.2) is 0 Å². The summed E-state index contributed by atoms with van der Waals surface area (Å²) in [6, 6.07) is 19.6. The van der Waals surface area contributed by atoms with Gasteiger partial charge in [-0.2, -0.15) is 0 Å². The van der Waals surface area contributed by atoms with E-state index in [2.05, 4.69) is 49.5 Å². The van der Waals surface area contributed by atoms with E-state index in [1.165, 1.54) is 37.3 Å². The Balaban J connectivity index is 1.93. The van der Waals surface area contributed by atoms with E-state index < -0.39 is 0 Å². The molecule has 2 N–H and O–H groups in total. The molecule has 2 aromatic rings. The van der Waals surface area contributed by atoms with Crippen molar-refractivity contribution in [2.24, 2.45) is 0 Å². The predicted molar refractivity (Wildman–Crippen MR) is 87.1 cm³/mol. The highest BCUT2D eigenvalue weighted by molar-refractivity contribution is 6.30. The van der Waals surface area contributed by atoms with Crippen LogP contribution in [-0.2, 0) is 0 Å². The van der Waals surface area contributed by atoms with Gasteiger partial charge in [-0.25, -0.2) is 0 Å². The molecule has 3 heteroatoms. The van der Waals surface area contributed by atoms with Gasteiger partial charge < -0.3 is 9.80 Å². The van der Waals surface area contributed by atoms with Crippen LogP contribution in [0.5, 0.6) is 0 Å². The lowest BCUT2D eigenvalue weighted by atomic mass is 9.96. The van der Waals surface area contributed by atoms with E-state index in [1.54, 1.807) is 9.80 Å². The third-order valence-electron chi connectivity index (χ3n) is 4.49. The summed E-state index contributed by atoms with van der Waals surface area (Å²) in [5.41, 5.74) is 2.76. The van der Waals surface area contributed by atoms with Crippen LogP contribution in [-0.4, -0.2) is 33.2 Å². The zero-order valence-electron chi connectivity index (χ0n) is 12.5. The predicted octanol–water partition coefficient (Wildman–Crippen LogP) is 0.843. The molecule has 1 saturated heterocycles. The molecule has 1 fully saturated rings. The fourth-order valence-corrected chi connectivity index (χ4v) is 3.38. The number of hydrogen-bond donors (Lipinski definition) is 2. The summed E-state index contributed by atoms with van der Waals surface area (Å²) in [4.78, 5) is 3.30. The fraction of sp³-hybridized carbons (Fsp3) is 0.333. The molecule has 1 heterocycles. The molecule has 0 aromatic heterocycles. The van der Waals surface area contributed by atoms with Gasteiger partial charge >= 0.3 is 0 Å². The average molecular weight is 303 g/mol. The van der Waals surface area contributed by atoms with Crippen molar-refractivity contribution in [3.05, 3.63) is 70.7 Å². The third-order valence-corrected chi connectivity index (χ3v) is 4.74. The topological polar surface area (TPSA) is 8.88 Å². The van der Waals surface area contributed by atoms with Crippen LogP contribution in [0.15, 0.2) is 54.6 Å². The molecule has 0 spiro atoms. The zero-order valence-corrected chi connectivity index (χ0v) is 13.2. The van der Waals surface area contributed by atoms with E-state index in [4.69, 9.17) is 11.6 Å². The first-order valence-electron chi connectivity index (χ1n) is 7.70. The lowest BCUT2D eigenvalue weighted by molar-refractivity contribution is -1.02. The molecule has 1 aliphatic rings. The molecule has 0 amide bonds. The van der Waals surface area contributed by atoms with Crippen LogP contribution in [0.4, 0.5) is 0 Å². The molecule has 0 aliphatic carbocycles. The summed E-state index contributed by atoms with van der Waals surface area (Å²) in [5.74, 6) is 0. The number of nitrogens with one attached hydrogen (secondary N) is 2. The van der Waals surface area contributed by atoms with Crippen molar-refractivity contribution in [2.75, 3.05) is 33.2 Å². The number of halogens is 1. The highest BCUT2D eigenvalue weighted by Crippen LogP contribution is 2.21. The minimum absolute atomic E-state index is 0.413. The second-order valence-electron chi connectivity index (χ2n) is 6.01. The molecular formula is C18H23ClN2+2. The molecule has 0 unspecified atom stereocenters. The smallest absolute Gasteiger partial charge is 0.139 e. The minimum Gasteiger partial charge on any atom is -0.328 e. The number of quaternary nitrogens is 2. The molecule has 2 aromatic carbocycles. The van der Waals surface area contributed by atoms with Crippen molar-refractivity contribution in [1.29, 1.82) is 0 Å². The van der Waals surface area contributed by atoms with Gasteiger partial charge in [0.05, 0.1) is 7.05 Å². The number of rotatable bonds is 3. The molecule has 21 heavy (non-hydrogen) atoms. The normalized spacial score (nSPS) is 23.7. The third kappa shape index (κ3) is 3.46. The van der Waals surface area contributed by atoms with E-state index in [1.807, 2.05) is 12.1 Å². The van der Waals surface area contributed by atoms with Crippen molar-refractivity contribution < 1.29 is 9.80 Å². The highest BCUT2D eigenvalue weighted by atomic mass is 35.5. The maximum Gasteiger partial charge on any atom is 0.139 e. The minimum atomic E-state index is 0.413. The molecule has 1 aliphatic heterocycles. The summed E-state index contributed by atoms with van der Waals surface area (Å²) in [6.45, 7) is 4.92. The maximum atomic E-state index is 6.06. The Morgan fingerprint density at radius 3 is 2.00 bits per heavy atom. The summed E-state index contributed by atoms with van der Waals surface area (Å²) in [7, 11) is 2.29. The Kier molecular flexibility index (Phi) is 4.59. The number of hydrogen-bond acceptors (Lipinski definition) is 0. The monoisotopic (exact) mass is 302 g/mol. The number of likely N-dealkylation sites (N-methyl/N-ethyl adjacent to an activating group) is 1. The molecule has 0 radical (unpaired) electrons. The first kappa shape index (κ1) is 14.6. The molecule has 3 rings (SSSR count). The molecule has 1 atom stereocenters. The van der Waals surface area contributed by atoms with Gasteiger partial charge in [0.2, 0.25) is 0 Å². The fourth-order valence-electron chi connectivity index (χ4n) is 3.25. The van der Waals surface area contributed by atoms with Crippen LogP contribution in [0.3, 0.4) is 0 Å². The van der Waals surface area contributed by atoms with Crippen LogP contribution in [0, 0.1) is 0 Å². The van der Waals surface area contributed by atoms with Gasteiger partial charge in [0, 0.05) is 16.1 Å². The lowest BCUT2D eigenvalue weighted by Crippen LogP contribution is -3.27. The van der Waals surface area contributed by atoms with Crippen molar-refractivity contribution in [3.63, 3.8) is 0 Å². The van der Waals surface area contributed by atoms with E-state index in [0.717, 1.165) is 5.02 Å². The highest BCUT2D eigenvalue weighted by Gasteiger charge is 2.30. The van der Waals surface area contributed by atoms with E-state index >= 15 is 0 Å². The second-order valence-corrected chi connectivity index (χ2v) is 6.45. The van der Waals surface area contributed by atoms with E-state index in [-0.39, 0.29) is 0 Å². The Morgan fingerprint density at radius 2 is 1.38 bits per heavy atom. The molecule has 0 saturated carbocycles. The Labute approximate surface area is 131 Å². The molecule has 110 valence electrons. The van der Waals surface area contributed by atoms with E-state index in [9.17, 15) is 0 Å². The summed E-state index contributed by atoms with van der Waals surface area (Å²) >= 11 is 6.06. The summed E-state index contributed by atoms with van der Waals surface area (Å²) < 4.78 is 0. The van der Waals surface area contributed by atoms with Gasteiger partial charge in [-0.05, 0) is 12.1 Å². The average Bonchev–Trinajstić information content (AvgIpc) is 2.52. The number of piperazine rings is 1. The Hall–Kier alpha value is -1.35. The quantitative estimate of drug-likeness (QED) is 0.832. The van der Waals surface area contributed by atoms with Gasteiger partial charge in [0.1, 0.15) is 32.2 Å². The molecular weight excluding hydrogens is 280 g/mol. The lowest BCUT2D eigenvalue weighted by Gasteiger charge is -2.33. The van der Waals surface area contributed by atoms with E-state index in [0.29, 0.717) is 6.04 Å². The summed E-state index contributed by atoms with van der Waals surface area (Å²) in [5, 5.41) is 0.809. The van der Waals surface area contributed by atoms with Crippen LogP contribution in [0.1, 0.15) is 17.2 Å². The second kappa shape index (κ2) is 6.61. The SMILES string of the molecule is C[NH+]1CC[NH+]([C@@H](c2ccccc2)c2ccc(Cl)cc2)CC1. The first-order valence-corrected chi connectivity index (χ1v) is 8.08. The van der Waals surface area contributed by atoms with Gasteiger partial charge in [-0.3, -0.25) is 0 Å². The van der Waals surface area contributed by atoms with Crippen LogP contribution >= 0.6 is 11.6 Å². The summed E-state index contributed by atoms with van der Waals surface area (Å²) in [6.07, 6.45) is 0. The van der Waals surface area contributed by atoms with Gasteiger partial charge in [-0.15, -0.1) is 0 Å². The van der Waals surface area contributed by atoms with Crippen molar-refractivity contribution in [3.8, 4) is 0 Å². The molecule has 2 nitrogen and oxygen atoms in total. The standard InChI is InChI=1S/C18H21ClN2/c1-20-11-13-21(14-12-20)18(15-5-3-2-4-6-15)16-7-9-17(19)10-8-16/h2-10,18H,11-14H2,1H3/p+2/t18-/m0/s1. The van der Waals surface area contributed by atoms with Crippen molar-refractivity contribution >= 4 is 11.6 Å². The van der Waals surface area contributed by atoms with Crippen LogP contribution in [0.25, 0.3) is 0 Å². The first-order chi connectivity index (χ1) is 10.2. The van der Waals surface area contributed by atoms with Crippen molar-refractivity contribution in [2.45, 2.75) is 6.04 Å². The maximum absolute atomic E-state index is 6.06. The van der Waals surface area contributed by atoms with Crippen LogP contribution in [0.2, 0.25) is 5.02 Å². The Morgan fingerprint density at radius 1 is 0.810 bits per heavy atom. The molecule has 0 bridgehead atoms.